The number of aromatic nitrogens is 4. The van der Waals surface area contributed by atoms with E-state index in [4.69, 9.17) is 27.9 Å². The van der Waals surface area contributed by atoms with Gasteiger partial charge in [0, 0.05) is 27.8 Å². The monoisotopic (exact) mass is 748 g/mol. The molecule has 0 atom stereocenters. The number of halogens is 2. The summed E-state index contributed by atoms with van der Waals surface area (Å²) in [5, 5.41) is 12.1. The molecule has 3 amide bonds. The number of fused-ring (bicyclic) bond motifs is 2. The summed E-state index contributed by atoms with van der Waals surface area (Å²) < 4.78 is 7.46. The number of rotatable bonds is 11. The number of nitrogens with zero attached hydrogens (tertiary/aromatic N) is 4. The Morgan fingerprint density at radius 2 is 1.04 bits per heavy atom. The highest BCUT2D eigenvalue weighted by atomic mass is 35.5. The molecule has 7 rings (SSSR count). The minimum atomic E-state index is -0.779. The molecule has 0 radical (unpaired) electrons. The Bertz CT molecular complexity index is 2630. The van der Waals surface area contributed by atoms with E-state index in [1.54, 1.807) is 66.7 Å². The zero-order chi connectivity index (χ0) is 37.1. The minimum absolute atomic E-state index is 0.216. The van der Waals surface area contributed by atoms with Gasteiger partial charge in [-0.05, 0) is 72.3 Å². The number of amides is 3. The maximum atomic E-state index is 13.5. The first-order valence-corrected chi connectivity index (χ1v) is 16.6. The third-order valence-corrected chi connectivity index (χ3v) is 8.76. The van der Waals surface area contributed by atoms with Gasteiger partial charge in [0.05, 0.1) is 17.2 Å². The van der Waals surface area contributed by atoms with Crippen LogP contribution >= 0.6 is 23.2 Å². The van der Waals surface area contributed by atoms with Gasteiger partial charge in [-0.15, -0.1) is 0 Å². The van der Waals surface area contributed by atoms with E-state index in [0.717, 1.165) is 32.7 Å². The van der Waals surface area contributed by atoms with Crippen LogP contribution in [0, 0.1) is 0 Å². The van der Waals surface area contributed by atoms with Crippen molar-refractivity contribution in [2.24, 2.45) is 0 Å². The van der Waals surface area contributed by atoms with Crippen LogP contribution in [0.3, 0.4) is 0 Å². The molecule has 0 aliphatic heterocycles. The molecule has 0 aliphatic carbocycles. The lowest BCUT2D eigenvalue weighted by molar-refractivity contribution is 0.101. The molecular formula is C37H26Cl2N8O6. The van der Waals surface area contributed by atoms with Crippen molar-refractivity contribution in [1.82, 2.24) is 18.8 Å². The van der Waals surface area contributed by atoms with Crippen LogP contribution in [0.5, 0.6) is 0 Å². The van der Waals surface area contributed by atoms with E-state index in [2.05, 4.69) is 31.2 Å². The maximum Gasteiger partial charge on any atom is 0.283 e. The van der Waals surface area contributed by atoms with Crippen LogP contribution in [0.1, 0.15) is 36.9 Å². The van der Waals surface area contributed by atoms with Crippen LogP contribution in [-0.2, 0) is 11.3 Å². The van der Waals surface area contributed by atoms with Crippen molar-refractivity contribution >= 4 is 74.7 Å². The molecule has 3 aromatic heterocycles. The zero-order valence-corrected chi connectivity index (χ0v) is 28.8. The fourth-order valence-corrected chi connectivity index (χ4v) is 5.83. The van der Waals surface area contributed by atoms with Crippen LogP contribution < -0.4 is 32.4 Å². The summed E-state index contributed by atoms with van der Waals surface area (Å²) in [4.78, 5) is 74.2. The molecule has 264 valence electrons. The second-order valence-corrected chi connectivity index (χ2v) is 12.3. The fraction of sp³-hybridized carbons (Fsp3) is 0.0541. The molecule has 0 saturated heterocycles. The van der Waals surface area contributed by atoms with Gasteiger partial charge in [0.15, 0.2) is 11.4 Å². The topological polar surface area (TPSA) is 177 Å². The van der Waals surface area contributed by atoms with Gasteiger partial charge in [-0.3, -0.25) is 32.8 Å². The van der Waals surface area contributed by atoms with Gasteiger partial charge in [0.25, 0.3) is 28.8 Å². The first-order chi connectivity index (χ1) is 25.7. The molecule has 7 aromatic rings. The molecule has 0 fully saturated rings. The highest BCUT2D eigenvalue weighted by Crippen LogP contribution is 2.21. The number of hydrogen-bond acceptors (Lipinski definition) is 9. The number of anilines is 4. The Morgan fingerprint density at radius 1 is 0.585 bits per heavy atom. The van der Waals surface area contributed by atoms with Crippen LogP contribution in [-0.4, -0.2) is 43.2 Å². The predicted molar refractivity (Wildman–Crippen MR) is 201 cm³/mol. The van der Waals surface area contributed by atoms with Crippen molar-refractivity contribution in [3.05, 3.63) is 163 Å². The third kappa shape index (κ3) is 7.27. The second-order valence-electron chi connectivity index (χ2n) is 11.5. The smallest absolute Gasteiger partial charge is 0.283 e. The van der Waals surface area contributed by atoms with Gasteiger partial charge in [-0.2, -0.15) is 0 Å². The van der Waals surface area contributed by atoms with Crippen molar-refractivity contribution in [1.29, 1.82) is 0 Å². The van der Waals surface area contributed by atoms with E-state index < -0.39 is 28.8 Å². The Labute approximate surface area is 309 Å². The molecular weight excluding hydrogens is 723 g/mol. The Kier molecular flexibility index (Phi) is 9.81. The molecule has 0 spiro atoms. The van der Waals surface area contributed by atoms with Gasteiger partial charge < -0.3 is 26.0 Å². The number of nitrogens with one attached hydrogen (secondary N) is 4. The third-order valence-electron chi connectivity index (χ3n) is 8.06. The summed E-state index contributed by atoms with van der Waals surface area (Å²) >= 11 is 12.3. The van der Waals surface area contributed by atoms with Crippen LogP contribution in [0.2, 0.25) is 10.0 Å². The van der Waals surface area contributed by atoms with Crippen molar-refractivity contribution in [3.8, 4) is 0 Å². The number of carbonyl (C=O) groups excluding carboxylic acids is 3. The number of ether oxygens (including phenoxy) is 1. The van der Waals surface area contributed by atoms with Gasteiger partial charge >= 0.3 is 0 Å². The van der Waals surface area contributed by atoms with Crippen molar-refractivity contribution < 1.29 is 19.1 Å². The van der Waals surface area contributed by atoms with E-state index in [1.165, 1.54) is 12.1 Å². The summed E-state index contributed by atoms with van der Waals surface area (Å²) in [6.45, 7) is 0.546. The minimum Gasteiger partial charge on any atom is -0.363 e. The lowest BCUT2D eigenvalue weighted by Crippen LogP contribution is -2.28. The summed E-state index contributed by atoms with van der Waals surface area (Å²) in [7, 11) is 0. The SMILES string of the molecule is O=C(Nc1ccc(NC(=O)c2ncn3c(=O)c4c(C(=O)Nc5ccc(NCOCc6ccccc6Cl)cc5)ncn4c(=O)c23)cc1)c1ccccc1Cl. The Balaban J connectivity index is 1.01. The fourth-order valence-electron chi connectivity index (χ4n) is 5.42. The molecule has 4 aromatic carbocycles. The quantitative estimate of drug-likeness (QED) is 0.0942. The van der Waals surface area contributed by atoms with E-state index in [-0.39, 0.29) is 29.2 Å². The van der Waals surface area contributed by atoms with Crippen LogP contribution in [0.4, 0.5) is 22.7 Å². The predicted octanol–water partition coefficient (Wildman–Crippen LogP) is 5.79. The molecule has 0 aliphatic rings. The van der Waals surface area contributed by atoms with Gasteiger partial charge in [-0.25, -0.2) is 9.97 Å². The molecule has 16 heteroatoms. The number of benzene rings is 4. The lowest BCUT2D eigenvalue weighted by atomic mass is 10.2. The van der Waals surface area contributed by atoms with E-state index in [9.17, 15) is 24.0 Å². The van der Waals surface area contributed by atoms with Gasteiger partial charge in [0.2, 0.25) is 0 Å². The van der Waals surface area contributed by atoms with Crippen LogP contribution in [0.15, 0.2) is 119 Å². The Hall–Kier alpha value is -6.61. The molecule has 14 nitrogen and oxygen atoms in total. The first-order valence-electron chi connectivity index (χ1n) is 15.9. The first kappa shape index (κ1) is 34.8. The zero-order valence-electron chi connectivity index (χ0n) is 27.3. The molecule has 0 bridgehead atoms. The second kappa shape index (κ2) is 14.9. The number of hydrogen-bond donors (Lipinski definition) is 4. The van der Waals surface area contributed by atoms with Crippen molar-refractivity contribution in [2.45, 2.75) is 6.61 Å². The molecule has 0 saturated carbocycles. The van der Waals surface area contributed by atoms with Gasteiger partial charge in [-0.1, -0.05) is 53.5 Å². The summed E-state index contributed by atoms with van der Waals surface area (Å²) in [5.74, 6) is -1.90. The number of imidazole rings is 2. The summed E-state index contributed by atoms with van der Waals surface area (Å²) in [6.07, 6.45) is 2.09. The maximum absolute atomic E-state index is 13.5. The van der Waals surface area contributed by atoms with Crippen molar-refractivity contribution in [2.75, 3.05) is 28.0 Å². The highest BCUT2D eigenvalue weighted by molar-refractivity contribution is 6.34. The molecule has 4 N–H and O–H groups in total. The van der Waals surface area contributed by atoms with Crippen molar-refractivity contribution in [3.63, 3.8) is 0 Å². The van der Waals surface area contributed by atoms with Gasteiger partial charge in [0.1, 0.15) is 30.4 Å². The lowest BCUT2D eigenvalue weighted by Gasteiger charge is -2.10. The molecule has 53 heavy (non-hydrogen) atoms. The average molecular weight is 750 g/mol. The molecule has 0 unspecified atom stereocenters. The van der Waals surface area contributed by atoms with E-state index in [0.29, 0.717) is 39.3 Å². The van der Waals surface area contributed by atoms with E-state index in [1.807, 2.05) is 18.2 Å². The molecule has 3 heterocycles. The largest absolute Gasteiger partial charge is 0.363 e. The van der Waals surface area contributed by atoms with Crippen LogP contribution in [0.25, 0.3) is 11.0 Å². The average Bonchev–Trinajstić information content (AvgIpc) is 3.82. The normalized spacial score (nSPS) is 11.1. The summed E-state index contributed by atoms with van der Waals surface area (Å²) in [6, 6.07) is 27.0. The number of carbonyl (C=O) groups is 3. The Morgan fingerprint density at radius 3 is 1.55 bits per heavy atom. The standard InChI is InChI=1S/C37H26Cl2N8O6/c38-27-7-3-1-5-21(27)17-53-20-42-22-9-11-24(12-10-22)44-34(49)29-31-36(51)47-19-41-30(32(47)37(52)46(31)18-40-29)35(50)45-25-15-13-23(14-16-25)43-33(48)26-6-2-4-8-28(26)39/h1-16,18-19,42H,17,20H2,(H,43,48)(H,44,49)(H,45,50). The van der Waals surface area contributed by atoms with E-state index >= 15 is 0 Å². The highest BCUT2D eigenvalue weighted by Gasteiger charge is 2.25. The summed E-state index contributed by atoms with van der Waals surface area (Å²) in [5.41, 5.74) is 0.342.